The summed E-state index contributed by atoms with van der Waals surface area (Å²) in [6.45, 7) is 6.24. The van der Waals surface area contributed by atoms with Crippen LogP contribution in [0.4, 0.5) is 0 Å². The van der Waals surface area contributed by atoms with E-state index in [1.54, 1.807) is 0 Å². The molecule has 1 aromatic rings. The molecule has 2 N–H and O–H groups in total. The van der Waals surface area contributed by atoms with E-state index in [9.17, 15) is 4.79 Å². The maximum Gasteiger partial charge on any atom is 0.220 e. The van der Waals surface area contributed by atoms with Crippen molar-refractivity contribution in [1.29, 1.82) is 0 Å². The fourth-order valence-corrected chi connectivity index (χ4v) is 2.58. The van der Waals surface area contributed by atoms with Crippen LogP contribution in [0.3, 0.4) is 0 Å². The first-order valence-electron chi connectivity index (χ1n) is 7.74. The first-order valence-corrected chi connectivity index (χ1v) is 7.74. The summed E-state index contributed by atoms with van der Waals surface area (Å²) in [4.78, 5) is 11.8. The van der Waals surface area contributed by atoms with Crippen LogP contribution in [0.5, 0.6) is 0 Å². The number of hydrogen-bond acceptors (Lipinski definition) is 2. The van der Waals surface area contributed by atoms with Crippen molar-refractivity contribution in [3.05, 3.63) is 35.4 Å². The Morgan fingerprint density at radius 3 is 2.70 bits per heavy atom. The number of aryl methyl sites for hydroxylation is 1. The first-order chi connectivity index (χ1) is 9.65. The third-order valence-electron chi connectivity index (χ3n) is 4.00. The largest absolute Gasteiger partial charge is 0.355 e. The van der Waals surface area contributed by atoms with Crippen LogP contribution in [0, 0.1) is 0 Å². The molecule has 1 saturated heterocycles. The fraction of sp³-hybridized carbons (Fsp3) is 0.588. The minimum absolute atomic E-state index is 0.159. The van der Waals surface area contributed by atoms with Crippen LogP contribution < -0.4 is 10.6 Å². The summed E-state index contributed by atoms with van der Waals surface area (Å²) in [7, 11) is 0. The molecule has 0 spiro atoms. The van der Waals surface area contributed by atoms with Crippen LogP contribution >= 0.6 is 0 Å². The zero-order chi connectivity index (χ0) is 14.4. The summed E-state index contributed by atoms with van der Waals surface area (Å²) in [5.74, 6) is 0.720. The van der Waals surface area contributed by atoms with E-state index in [0.717, 1.165) is 19.5 Å². The Labute approximate surface area is 122 Å². The smallest absolute Gasteiger partial charge is 0.220 e. The highest BCUT2D eigenvalue weighted by atomic mass is 16.1. The lowest BCUT2D eigenvalue weighted by molar-refractivity contribution is -0.121. The monoisotopic (exact) mass is 274 g/mol. The molecule has 0 aromatic heterocycles. The van der Waals surface area contributed by atoms with Gasteiger partial charge >= 0.3 is 0 Å². The summed E-state index contributed by atoms with van der Waals surface area (Å²) >= 11 is 0. The Morgan fingerprint density at radius 1 is 1.35 bits per heavy atom. The van der Waals surface area contributed by atoms with Crippen molar-refractivity contribution in [2.75, 3.05) is 13.1 Å². The van der Waals surface area contributed by atoms with Crippen LogP contribution in [-0.2, 0) is 11.2 Å². The van der Waals surface area contributed by atoms with Gasteiger partial charge in [-0.3, -0.25) is 4.79 Å². The number of rotatable bonds is 6. The summed E-state index contributed by atoms with van der Waals surface area (Å²) in [5, 5.41) is 6.41. The Hall–Kier alpha value is -1.35. The normalized spacial score (nSPS) is 18.4. The van der Waals surface area contributed by atoms with Crippen molar-refractivity contribution in [2.45, 2.75) is 51.5 Å². The average Bonchev–Trinajstić information content (AvgIpc) is 2.96. The van der Waals surface area contributed by atoms with Crippen LogP contribution in [0.25, 0.3) is 0 Å². The van der Waals surface area contributed by atoms with Gasteiger partial charge in [0.25, 0.3) is 0 Å². The molecule has 1 aromatic carbocycles. The molecule has 1 atom stereocenters. The highest BCUT2D eigenvalue weighted by Gasteiger charge is 2.14. The molecule has 1 unspecified atom stereocenters. The van der Waals surface area contributed by atoms with Gasteiger partial charge < -0.3 is 10.6 Å². The van der Waals surface area contributed by atoms with Gasteiger partial charge in [0.05, 0.1) is 0 Å². The maximum absolute atomic E-state index is 11.8. The molecule has 0 aliphatic carbocycles. The first kappa shape index (κ1) is 15.0. The van der Waals surface area contributed by atoms with Crippen LogP contribution in [0.15, 0.2) is 24.3 Å². The van der Waals surface area contributed by atoms with Crippen molar-refractivity contribution in [2.24, 2.45) is 0 Å². The number of carbonyl (C=O) groups is 1. The number of nitrogens with one attached hydrogen (secondary N) is 2. The van der Waals surface area contributed by atoms with E-state index in [0.29, 0.717) is 18.4 Å². The van der Waals surface area contributed by atoms with Crippen molar-refractivity contribution < 1.29 is 4.79 Å². The van der Waals surface area contributed by atoms with E-state index < -0.39 is 0 Å². The Kier molecular flexibility index (Phi) is 5.60. The molecule has 0 radical (unpaired) electrons. The molecule has 20 heavy (non-hydrogen) atoms. The lowest BCUT2D eigenvalue weighted by Gasteiger charge is -2.11. The summed E-state index contributed by atoms with van der Waals surface area (Å²) in [6, 6.07) is 9.09. The predicted molar refractivity (Wildman–Crippen MR) is 82.9 cm³/mol. The summed E-state index contributed by atoms with van der Waals surface area (Å²) in [6.07, 6.45) is 3.80. The van der Waals surface area contributed by atoms with E-state index >= 15 is 0 Å². The van der Waals surface area contributed by atoms with E-state index in [4.69, 9.17) is 0 Å². The molecular weight excluding hydrogens is 248 g/mol. The number of hydrogen-bond donors (Lipinski definition) is 2. The molecule has 1 amide bonds. The van der Waals surface area contributed by atoms with Gasteiger partial charge in [-0.05, 0) is 42.9 Å². The molecule has 3 nitrogen and oxygen atoms in total. The summed E-state index contributed by atoms with van der Waals surface area (Å²) < 4.78 is 0. The van der Waals surface area contributed by atoms with E-state index in [2.05, 4.69) is 48.7 Å². The van der Waals surface area contributed by atoms with Crippen LogP contribution in [0.1, 0.15) is 50.2 Å². The van der Waals surface area contributed by atoms with Crippen molar-refractivity contribution in [3.8, 4) is 0 Å². The van der Waals surface area contributed by atoms with Gasteiger partial charge in [-0.1, -0.05) is 38.1 Å². The van der Waals surface area contributed by atoms with Gasteiger partial charge in [-0.25, -0.2) is 0 Å². The van der Waals surface area contributed by atoms with Crippen molar-refractivity contribution in [1.82, 2.24) is 10.6 Å². The fourth-order valence-electron chi connectivity index (χ4n) is 2.58. The molecule has 1 fully saturated rings. The third-order valence-corrected chi connectivity index (χ3v) is 4.00. The molecule has 3 heteroatoms. The summed E-state index contributed by atoms with van der Waals surface area (Å²) in [5.41, 5.74) is 2.59. The second kappa shape index (κ2) is 7.44. The maximum atomic E-state index is 11.8. The van der Waals surface area contributed by atoms with Gasteiger partial charge in [-0.2, -0.15) is 0 Å². The molecule has 1 aliphatic rings. The predicted octanol–water partition coefficient (Wildman–Crippen LogP) is 2.61. The Balaban J connectivity index is 1.69. The zero-order valence-corrected chi connectivity index (χ0v) is 12.6. The molecule has 0 saturated carbocycles. The number of benzene rings is 1. The van der Waals surface area contributed by atoms with Crippen molar-refractivity contribution in [3.63, 3.8) is 0 Å². The SMILES string of the molecule is CC(C)c1ccc(CCC(=O)NCC2CCCN2)cc1. The van der Waals surface area contributed by atoms with Gasteiger partial charge in [0.1, 0.15) is 0 Å². The van der Waals surface area contributed by atoms with E-state index in [-0.39, 0.29) is 5.91 Å². The standard InChI is InChI=1S/C17H26N2O/c1-13(2)15-8-5-14(6-9-15)7-10-17(20)19-12-16-4-3-11-18-16/h5-6,8-9,13,16,18H,3-4,7,10-12H2,1-2H3,(H,19,20). The highest BCUT2D eigenvalue weighted by Crippen LogP contribution is 2.15. The van der Waals surface area contributed by atoms with Gasteiger partial charge in [-0.15, -0.1) is 0 Å². The van der Waals surface area contributed by atoms with Gasteiger partial charge in [0, 0.05) is 19.0 Å². The Bertz CT molecular complexity index is 419. The van der Waals surface area contributed by atoms with Gasteiger partial charge in [0.15, 0.2) is 0 Å². The quantitative estimate of drug-likeness (QED) is 0.837. The lowest BCUT2D eigenvalue weighted by atomic mass is 10.0. The Morgan fingerprint density at radius 2 is 2.10 bits per heavy atom. The minimum Gasteiger partial charge on any atom is -0.355 e. The average molecular weight is 274 g/mol. The second-order valence-corrected chi connectivity index (χ2v) is 5.99. The minimum atomic E-state index is 0.159. The lowest BCUT2D eigenvalue weighted by Crippen LogP contribution is -2.37. The third kappa shape index (κ3) is 4.64. The van der Waals surface area contributed by atoms with Gasteiger partial charge in [0.2, 0.25) is 5.91 Å². The van der Waals surface area contributed by atoms with E-state index in [1.165, 1.54) is 24.0 Å². The zero-order valence-electron chi connectivity index (χ0n) is 12.6. The molecule has 1 heterocycles. The number of amides is 1. The van der Waals surface area contributed by atoms with Crippen LogP contribution in [0.2, 0.25) is 0 Å². The molecule has 110 valence electrons. The van der Waals surface area contributed by atoms with Crippen molar-refractivity contribution >= 4 is 5.91 Å². The van der Waals surface area contributed by atoms with Crippen LogP contribution in [-0.4, -0.2) is 25.0 Å². The molecule has 2 rings (SSSR count). The number of carbonyl (C=O) groups excluding carboxylic acids is 1. The molecule has 1 aliphatic heterocycles. The topological polar surface area (TPSA) is 41.1 Å². The molecular formula is C17H26N2O. The highest BCUT2D eigenvalue weighted by molar-refractivity contribution is 5.76. The van der Waals surface area contributed by atoms with E-state index in [1.807, 2.05) is 0 Å². The molecule has 0 bridgehead atoms. The second-order valence-electron chi connectivity index (χ2n) is 5.99.